The van der Waals surface area contributed by atoms with Gasteiger partial charge >= 0.3 is 5.97 Å². The first-order chi connectivity index (χ1) is 16.9. The molecule has 0 aliphatic carbocycles. The highest BCUT2D eigenvalue weighted by Crippen LogP contribution is 2.34. The van der Waals surface area contributed by atoms with Crippen molar-refractivity contribution >= 4 is 29.2 Å². The number of piperidine rings is 2. The number of nitrogens with zero attached hydrogens (tertiary/aromatic N) is 2. The molecule has 2 saturated heterocycles. The van der Waals surface area contributed by atoms with Crippen LogP contribution in [0.3, 0.4) is 0 Å². The van der Waals surface area contributed by atoms with E-state index in [0.717, 1.165) is 57.6 Å². The first-order valence-corrected chi connectivity index (χ1v) is 12.7. The number of carboxylic acid groups (broad SMARTS) is 1. The number of ether oxygens (including phenoxy) is 3. The number of rotatable bonds is 8. The van der Waals surface area contributed by atoms with E-state index in [9.17, 15) is 9.90 Å². The Morgan fingerprint density at radius 2 is 1.60 bits per heavy atom. The van der Waals surface area contributed by atoms with E-state index in [-0.39, 0.29) is 6.10 Å². The molecule has 7 nitrogen and oxygen atoms in total. The average molecular weight is 523 g/mol. The summed E-state index contributed by atoms with van der Waals surface area (Å²) < 4.78 is 16.8. The molecule has 2 aliphatic heterocycles. The molecule has 2 fully saturated rings. The molecule has 1 N–H and O–H groups in total. The molecule has 1 unspecified atom stereocenters. The molecular weight excluding hydrogens is 491 g/mol. The smallest absolute Gasteiger partial charge is 0.325 e. The maximum atomic E-state index is 12.2. The summed E-state index contributed by atoms with van der Waals surface area (Å²) in [4.78, 5) is 16.8. The zero-order chi connectivity index (χ0) is 24.9. The third kappa shape index (κ3) is 6.15. The van der Waals surface area contributed by atoms with Crippen LogP contribution in [0.1, 0.15) is 37.3 Å². The first-order valence-electron chi connectivity index (χ1n) is 11.9. The SMILES string of the molecule is COc1ccc(C(C(=O)O)N2CCC(N3CCC(Oc4ccc(Cl)c(Cl)c4)CC3)CC2)cc1OC. The highest BCUT2D eigenvalue weighted by Gasteiger charge is 2.34. The number of carboxylic acids is 1. The summed E-state index contributed by atoms with van der Waals surface area (Å²) in [7, 11) is 3.13. The second-order valence-corrected chi connectivity index (χ2v) is 9.87. The van der Waals surface area contributed by atoms with Crippen LogP contribution < -0.4 is 14.2 Å². The largest absolute Gasteiger partial charge is 0.493 e. The van der Waals surface area contributed by atoms with Crippen LogP contribution in [0.5, 0.6) is 17.2 Å². The van der Waals surface area contributed by atoms with E-state index in [2.05, 4.69) is 9.80 Å². The molecule has 0 spiro atoms. The molecule has 0 aromatic heterocycles. The number of halogens is 2. The molecule has 35 heavy (non-hydrogen) atoms. The van der Waals surface area contributed by atoms with Gasteiger partial charge < -0.3 is 24.2 Å². The summed E-state index contributed by atoms with van der Waals surface area (Å²) in [5, 5.41) is 11.0. The molecule has 0 saturated carbocycles. The molecule has 0 amide bonds. The Balaban J connectivity index is 1.31. The highest BCUT2D eigenvalue weighted by molar-refractivity contribution is 6.42. The minimum atomic E-state index is -0.851. The standard InChI is InChI=1S/C26H32Cl2N2O5/c1-33-23-6-3-17(15-24(23)34-2)25(26(31)32)30-11-7-18(8-12-30)29-13-9-19(10-14-29)35-20-4-5-21(27)22(28)16-20/h3-6,15-16,18-19,25H,7-14H2,1-2H3,(H,31,32). The molecule has 190 valence electrons. The zero-order valence-corrected chi connectivity index (χ0v) is 21.6. The summed E-state index contributed by atoms with van der Waals surface area (Å²) in [6.07, 6.45) is 3.93. The minimum absolute atomic E-state index is 0.157. The minimum Gasteiger partial charge on any atom is -0.493 e. The van der Waals surface area contributed by atoms with Crippen molar-refractivity contribution in [2.45, 2.75) is 43.9 Å². The molecule has 0 bridgehead atoms. The molecule has 2 aliphatic rings. The maximum absolute atomic E-state index is 12.2. The van der Waals surface area contributed by atoms with Crippen molar-refractivity contribution in [3.05, 3.63) is 52.0 Å². The summed E-state index contributed by atoms with van der Waals surface area (Å²) in [6.45, 7) is 3.40. The molecule has 0 radical (unpaired) electrons. The van der Waals surface area contributed by atoms with Gasteiger partial charge in [0.15, 0.2) is 11.5 Å². The monoisotopic (exact) mass is 522 g/mol. The fraction of sp³-hybridized carbons (Fsp3) is 0.500. The van der Waals surface area contributed by atoms with E-state index in [0.29, 0.717) is 33.1 Å². The van der Waals surface area contributed by atoms with Crippen LogP contribution in [0.4, 0.5) is 0 Å². The fourth-order valence-corrected chi connectivity index (χ4v) is 5.43. The normalized spacial score (nSPS) is 19.3. The fourth-order valence-electron chi connectivity index (χ4n) is 5.14. The molecule has 2 aromatic carbocycles. The lowest BCUT2D eigenvalue weighted by Gasteiger charge is -2.43. The van der Waals surface area contributed by atoms with Gasteiger partial charge in [-0.15, -0.1) is 0 Å². The zero-order valence-electron chi connectivity index (χ0n) is 20.1. The summed E-state index contributed by atoms with van der Waals surface area (Å²) in [5.74, 6) is 1.03. The van der Waals surface area contributed by atoms with Gasteiger partial charge in [-0.2, -0.15) is 0 Å². The first kappa shape index (κ1) is 25.9. The lowest BCUT2D eigenvalue weighted by atomic mass is 9.96. The third-order valence-electron chi connectivity index (χ3n) is 7.01. The molecular formula is C26H32Cl2N2O5. The van der Waals surface area contributed by atoms with Gasteiger partial charge in [0.25, 0.3) is 0 Å². The van der Waals surface area contributed by atoms with Crippen LogP contribution in [0.25, 0.3) is 0 Å². The Bertz CT molecular complexity index is 1020. The summed E-state index contributed by atoms with van der Waals surface area (Å²) >= 11 is 12.1. The summed E-state index contributed by atoms with van der Waals surface area (Å²) in [6, 6.07) is 10.5. The molecule has 1 atom stereocenters. The van der Waals surface area contributed by atoms with Crippen molar-refractivity contribution in [2.75, 3.05) is 40.4 Å². The Hall–Kier alpha value is -2.19. The van der Waals surface area contributed by atoms with Crippen molar-refractivity contribution in [1.82, 2.24) is 9.80 Å². The van der Waals surface area contributed by atoms with Gasteiger partial charge in [0, 0.05) is 38.3 Å². The lowest BCUT2D eigenvalue weighted by molar-refractivity contribution is -0.144. The van der Waals surface area contributed by atoms with Crippen LogP contribution in [-0.4, -0.2) is 73.4 Å². The second-order valence-electron chi connectivity index (χ2n) is 9.05. The van der Waals surface area contributed by atoms with E-state index in [1.807, 2.05) is 12.1 Å². The number of methoxy groups -OCH3 is 2. The number of aliphatic carboxylic acids is 1. The maximum Gasteiger partial charge on any atom is 0.325 e. The van der Waals surface area contributed by atoms with E-state index in [4.69, 9.17) is 37.4 Å². The van der Waals surface area contributed by atoms with Gasteiger partial charge in [-0.3, -0.25) is 9.69 Å². The van der Waals surface area contributed by atoms with E-state index >= 15 is 0 Å². The number of hydrogen-bond donors (Lipinski definition) is 1. The van der Waals surface area contributed by atoms with Gasteiger partial charge in [0.1, 0.15) is 17.9 Å². The summed E-state index contributed by atoms with van der Waals surface area (Å²) in [5.41, 5.74) is 0.703. The van der Waals surface area contributed by atoms with Crippen LogP contribution in [-0.2, 0) is 4.79 Å². The molecule has 4 rings (SSSR count). The Kier molecular flexibility index (Phi) is 8.65. The number of benzene rings is 2. The van der Waals surface area contributed by atoms with Crippen molar-refractivity contribution in [2.24, 2.45) is 0 Å². The van der Waals surface area contributed by atoms with E-state index in [1.54, 1.807) is 38.5 Å². The average Bonchev–Trinajstić information content (AvgIpc) is 2.87. The number of carbonyl (C=O) groups is 1. The highest BCUT2D eigenvalue weighted by atomic mass is 35.5. The topological polar surface area (TPSA) is 71.5 Å². The number of hydrogen-bond acceptors (Lipinski definition) is 6. The van der Waals surface area contributed by atoms with Gasteiger partial charge in [-0.25, -0.2) is 0 Å². The van der Waals surface area contributed by atoms with Gasteiger partial charge in [-0.1, -0.05) is 29.3 Å². The molecule has 2 heterocycles. The van der Waals surface area contributed by atoms with E-state index in [1.165, 1.54) is 0 Å². The van der Waals surface area contributed by atoms with Crippen LogP contribution in [0.2, 0.25) is 10.0 Å². The van der Waals surface area contributed by atoms with Gasteiger partial charge in [0.2, 0.25) is 0 Å². The van der Waals surface area contributed by atoms with Gasteiger partial charge in [-0.05, 0) is 55.5 Å². The van der Waals surface area contributed by atoms with E-state index < -0.39 is 12.0 Å². The van der Waals surface area contributed by atoms with Crippen LogP contribution in [0.15, 0.2) is 36.4 Å². The van der Waals surface area contributed by atoms with Crippen LogP contribution in [0, 0.1) is 0 Å². The number of likely N-dealkylation sites (tertiary alicyclic amines) is 2. The van der Waals surface area contributed by atoms with Gasteiger partial charge in [0.05, 0.1) is 24.3 Å². The van der Waals surface area contributed by atoms with Crippen molar-refractivity contribution in [3.63, 3.8) is 0 Å². The van der Waals surface area contributed by atoms with Crippen LogP contribution >= 0.6 is 23.2 Å². The predicted molar refractivity (Wildman–Crippen MR) is 136 cm³/mol. The quantitative estimate of drug-likeness (QED) is 0.514. The van der Waals surface area contributed by atoms with Crippen molar-refractivity contribution < 1.29 is 24.1 Å². The second kappa shape index (κ2) is 11.7. The predicted octanol–water partition coefficient (Wildman–Crippen LogP) is 5.14. The Morgan fingerprint density at radius 3 is 2.20 bits per heavy atom. The third-order valence-corrected chi connectivity index (χ3v) is 7.75. The van der Waals surface area contributed by atoms with Crippen molar-refractivity contribution in [3.8, 4) is 17.2 Å². The Labute approximate surface area is 216 Å². The van der Waals surface area contributed by atoms with Crippen molar-refractivity contribution in [1.29, 1.82) is 0 Å². The molecule has 9 heteroatoms. The lowest BCUT2D eigenvalue weighted by Crippen LogP contribution is -2.50. The Morgan fingerprint density at radius 1 is 0.914 bits per heavy atom. The molecule has 2 aromatic rings.